The fraction of sp³-hybridized carbons (Fsp3) is 0.296. The summed E-state index contributed by atoms with van der Waals surface area (Å²) in [7, 11) is 0. The Bertz CT molecular complexity index is 1160. The van der Waals surface area contributed by atoms with Gasteiger partial charge >= 0.3 is 0 Å². The van der Waals surface area contributed by atoms with Gasteiger partial charge in [0.05, 0.1) is 17.4 Å². The number of hydrazine groups is 1. The van der Waals surface area contributed by atoms with Gasteiger partial charge in [0.2, 0.25) is 5.91 Å². The van der Waals surface area contributed by atoms with Crippen molar-refractivity contribution in [3.05, 3.63) is 100 Å². The summed E-state index contributed by atoms with van der Waals surface area (Å²) in [4.78, 5) is 11.9. The highest BCUT2D eigenvalue weighted by Gasteiger charge is 2.38. The number of hydrogen-bond acceptors (Lipinski definition) is 3. The minimum atomic E-state index is -0.281. The summed E-state index contributed by atoms with van der Waals surface area (Å²) in [5.74, 6) is -0.0630. The van der Waals surface area contributed by atoms with E-state index in [4.69, 9.17) is 0 Å². The molecule has 6 heteroatoms. The number of allylic oxidation sites excluding steroid dienone is 4. The van der Waals surface area contributed by atoms with Gasteiger partial charge < -0.3 is 10.7 Å². The molecule has 33 heavy (non-hydrogen) atoms. The van der Waals surface area contributed by atoms with Gasteiger partial charge in [-0.1, -0.05) is 24.6 Å². The predicted octanol–water partition coefficient (Wildman–Crippen LogP) is 5.68. The van der Waals surface area contributed by atoms with Gasteiger partial charge in [-0.25, -0.2) is 8.78 Å². The number of nitrogens with zero attached hydrogens (tertiary/aromatic N) is 1. The molecular weight excluding hydrogens is 420 g/mol. The molecule has 2 N–H and O–H groups in total. The van der Waals surface area contributed by atoms with E-state index in [2.05, 4.69) is 23.7 Å². The van der Waals surface area contributed by atoms with Crippen LogP contribution in [-0.2, 0) is 4.79 Å². The third-order valence-corrected chi connectivity index (χ3v) is 6.96. The Morgan fingerprint density at radius 3 is 2.45 bits per heavy atom. The molecule has 1 unspecified atom stereocenters. The number of rotatable bonds is 5. The molecule has 0 saturated carbocycles. The molecule has 170 valence electrons. The zero-order chi connectivity index (χ0) is 23.1. The average molecular weight is 448 g/mol. The molecule has 1 aliphatic heterocycles. The minimum absolute atomic E-state index is 0.0898. The van der Waals surface area contributed by atoms with Crippen LogP contribution >= 0.6 is 0 Å². The van der Waals surface area contributed by atoms with Crippen LogP contribution in [0.25, 0.3) is 0 Å². The molecule has 4 nitrogen and oxygen atoms in total. The van der Waals surface area contributed by atoms with Crippen LogP contribution in [0.5, 0.6) is 0 Å². The fourth-order valence-corrected chi connectivity index (χ4v) is 5.46. The topological polar surface area (TPSA) is 44.4 Å². The lowest BCUT2D eigenvalue weighted by atomic mass is 9.78. The molecule has 1 heterocycles. The molecule has 0 saturated heterocycles. The lowest BCUT2D eigenvalue weighted by Crippen LogP contribution is -2.30. The summed E-state index contributed by atoms with van der Waals surface area (Å²) >= 11 is 0. The second-order valence-corrected chi connectivity index (χ2v) is 9.05. The van der Waals surface area contributed by atoms with Crippen molar-refractivity contribution in [2.45, 2.75) is 39.2 Å². The Morgan fingerprint density at radius 1 is 1.12 bits per heavy atom. The van der Waals surface area contributed by atoms with E-state index in [1.165, 1.54) is 47.9 Å². The molecule has 5 rings (SSSR count). The highest BCUT2D eigenvalue weighted by molar-refractivity contribution is 5.73. The van der Waals surface area contributed by atoms with Crippen molar-refractivity contribution in [2.75, 3.05) is 5.01 Å². The van der Waals surface area contributed by atoms with Crippen LogP contribution in [0.15, 0.2) is 83.2 Å². The molecule has 0 fully saturated rings. The molecule has 1 amide bonds. The number of benzene rings is 2. The van der Waals surface area contributed by atoms with Gasteiger partial charge in [0, 0.05) is 24.6 Å². The normalized spacial score (nSPS) is 22.2. The second kappa shape index (κ2) is 8.50. The van der Waals surface area contributed by atoms with E-state index in [1.54, 1.807) is 24.3 Å². The van der Waals surface area contributed by atoms with Gasteiger partial charge in [-0.05, 0) is 78.8 Å². The van der Waals surface area contributed by atoms with Crippen LogP contribution in [0, 0.1) is 23.5 Å². The zero-order valence-corrected chi connectivity index (χ0v) is 18.7. The quantitative estimate of drug-likeness (QED) is 0.620. The first-order valence-corrected chi connectivity index (χ1v) is 11.4. The smallest absolute Gasteiger partial charge is 0.217 e. The van der Waals surface area contributed by atoms with Gasteiger partial charge in [-0.15, -0.1) is 0 Å². The SMILES string of the molecule is CC(=O)NC(C[C@H]1CCC2=C1[C@@H](C)C1=CNN(c3ccc(F)cc3)C1=C2)c1ccc(F)cc1. The second-order valence-electron chi connectivity index (χ2n) is 9.05. The lowest BCUT2D eigenvalue weighted by Gasteiger charge is -2.31. The van der Waals surface area contributed by atoms with E-state index in [1.807, 2.05) is 11.2 Å². The number of amides is 1. The lowest BCUT2D eigenvalue weighted by molar-refractivity contribution is -0.119. The Morgan fingerprint density at radius 2 is 1.79 bits per heavy atom. The van der Waals surface area contributed by atoms with Crippen molar-refractivity contribution in [3.8, 4) is 0 Å². The first kappa shape index (κ1) is 21.4. The van der Waals surface area contributed by atoms with E-state index in [-0.39, 0.29) is 29.5 Å². The van der Waals surface area contributed by atoms with Crippen LogP contribution in [-0.4, -0.2) is 5.91 Å². The van der Waals surface area contributed by atoms with Gasteiger partial charge in [-0.2, -0.15) is 0 Å². The maximum atomic E-state index is 13.5. The maximum Gasteiger partial charge on any atom is 0.217 e. The summed E-state index contributed by atoms with van der Waals surface area (Å²) < 4.78 is 26.8. The number of carbonyl (C=O) groups excluding carboxylic acids is 1. The van der Waals surface area contributed by atoms with Crippen LogP contribution in [0.2, 0.25) is 0 Å². The largest absolute Gasteiger partial charge is 0.350 e. The molecule has 3 atom stereocenters. The van der Waals surface area contributed by atoms with Crippen molar-refractivity contribution in [1.29, 1.82) is 0 Å². The van der Waals surface area contributed by atoms with Crippen molar-refractivity contribution >= 4 is 11.6 Å². The van der Waals surface area contributed by atoms with Crippen LogP contribution in [0.3, 0.4) is 0 Å². The summed E-state index contributed by atoms with van der Waals surface area (Å²) in [5, 5.41) is 5.07. The number of hydrogen-bond donors (Lipinski definition) is 2. The van der Waals surface area contributed by atoms with E-state index < -0.39 is 0 Å². The molecule has 2 aromatic rings. The minimum Gasteiger partial charge on any atom is -0.350 e. The van der Waals surface area contributed by atoms with Crippen molar-refractivity contribution in [2.24, 2.45) is 11.8 Å². The maximum absolute atomic E-state index is 13.5. The fourth-order valence-electron chi connectivity index (χ4n) is 5.46. The number of nitrogens with one attached hydrogen (secondary N) is 2. The molecule has 0 aromatic heterocycles. The van der Waals surface area contributed by atoms with Gasteiger partial charge in [-0.3, -0.25) is 9.80 Å². The summed E-state index contributed by atoms with van der Waals surface area (Å²) in [6, 6.07) is 12.7. The third-order valence-electron chi connectivity index (χ3n) is 6.96. The first-order valence-electron chi connectivity index (χ1n) is 11.4. The van der Waals surface area contributed by atoms with Gasteiger partial charge in [0.1, 0.15) is 11.6 Å². The van der Waals surface area contributed by atoms with E-state index in [9.17, 15) is 13.6 Å². The van der Waals surface area contributed by atoms with Crippen LogP contribution in [0.4, 0.5) is 14.5 Å². The number of halogens is 2. The number of anilines is 1. The third kappa shape index (κ3) is 4.06. The average Bonchev–Trinajstić information content (AvgIpc) is 3.39. The molecule has 0 radical (unpaired) electrons. The Balaban J connectivity index is 1.42. The zero-order valence-electron chi connectivity index (χ0n) is 18.7. The van der Waals surface area contributed by atoms with Gasteiger partial charge in [0.25, 0.3) is 0 Å². The summed E-state index contributed by atoms with van der Waals surface area (Å²) in [5.41, 5.74) is 10.2. The van der Waals surface area contributed by atoms with Crippen molar-refractivity contribution in [1.82, 2.24) is 10.7 Å². The summed E-state index contributed by atoms with van der Waals surface area (Å²) in [6.07, 6.45) is 7.06. The predicted molar refractivity (Wildman–Crippen MR) is 125 cm³/mol. The standard InChI is InChI=1S/C27H27F2N3O/c1-16-24-15-30-32(23-11-9-22(29)10-12-23)26(24)14-20-4-3-19(27(16)20)13-25(31-17(2)33)18-5-7-21(28)8-6-18/h5-12,14-16,19,25,30H,3-4,13H2,1-2H3,(H,31,33)/t16-,19+,25?/m0/s1. The Labute approximate surface area is 192 Å². The monoisotopic (exact) mass is 447 g/mol. The summed E-state index contributed by atoms with van der Waals surface area (Å²) in [6.45, 7) is 3.75. The number of fused-ring (bicyclic) bond motifs is 1. The highest BCUT2D eigenvalue weighted by Crippen LogP contribution is 2.49. The van der Waals surface area contributed by atoms with Crippen molar-refractivity contribution < 1.29 is 13.6 Å². The molecule has 0 bridgehead atoms. The molecule has 2 aliphatic carbocycles. The highest BCUT2D eigenvalue weighted by atomic mass is 19.1. The molecular formula is C27H27F2N3O. The first-order chi connectivity index (χ1) is 15.9. The van der Waals surface area contributed by atoms with Crippen LogP contribution < -0.4 is 15.8 Å². The van der Waals surface area contributed by atoms with Crippen LogP contribution in [0.1, 0.15) is 44.7 Å². The van der Waals surface area contributed by atoms with E-state index in [0.717, 1.165) is 36.2 Å². The number of carbonyl (C=O) groups is 1. The Kier molecular flexibility index (Phi) is 5.52. The van der Waals surface area contributed by atoms with E-state index >= 15 is 0 Å². The van der Waals surface area contributed by atoms with Crippen molar-refractivity contribution in [3.63, 3.8) is 0 Å². The molecule has 3 aliphatic rings. The molecule has 0 spiro atoms. The van der Waals surface area contributed by atoms with Gasteiger partial charge in [0.15, 0.2) is 0 Å². The molecule has 2 aromatic carbocycles. The Hall–Kier alpha value is -3.41. The van der Waals surface area contributed by atoms with E-state index in [0.29, 0.717) is 5.92 Å².